The van der Waals surface area contributed by atoms with Crippen LogP contribution in [-0.4, -0.2) is 47.8 Å². The van der Waals surface area contributed by atoms with Crippen LogP contribution >= 0.6 is 12.2 Å². The van der Waals surface area contributed by atoms with E-state index in [1.54, 1.807) is 12.1 Å². The highest BCUT2D eigenvalue weighted by molar-refractivity contribution is 7.80. The van der Waals surface area contributed by atoms with Gasteiger partial charge in [0.15, 0.2) is 5.11 Å². The number of phenols is 1. The zero-order valence-corrected chi connectivity index (χ0v) is 12.6. The van der Waals surface area contributed by atoms with Crippen LogP contribution in [0.3, 0.4) is 0 Å². The van der Waals surface area contributed by atoms with E-state index in [4.69, 9.17) is 12.2 Å². The molecule has 1 aliphatic heterocycles. The summed E-state index contributed by atoms with van der Waals surface area (Å²) in [5.74, 6) is 0.303. The van der Waals surface area contributed by atoms with E-state index >= 15 is 0 Å². The van der Waals surface area contributed by atoms with Crippen LogP contribution in [0.1, 0.15) is 6.92 Å². The number of nitrogens with one attached hydrogen (secondary N) is 1. The van der Waals surface area contributed by atoms with E-state index < -0.39 is 0 Å². The average Bonchev–Trinajstić information content (AvgIpc) is 2.46. The predicted octanol–water partition coefficient (Wildman–Crippen LogP) is 1.96. The molecule has 1 heterocycles. The van der Waals surface area contributed by atoms with Crippen molar-refractivity contribution in [3.63, 3.8) is 0 Å². The molecule has 0 bridgehead atoms. The van der Waals surface area contributed by atoms with E-state index in [2.05, 4.69) is 21.7 Å². The number of phenolic OH excluding ortho intramolecular Hbond substituents is 1. The molecule has 1 aromatic carbocycles. The highest BCUT2D eigenvalue weighted by Gasteiger charge is 2.18. The molecule has 0 aliphatic carbocycles. The number of anilines is 1. The third-order valence-corrected chi connectivity index (χ3v) is 3.73. The number of rotatable bonds is 3. The molecule has 4 nitrogen and oxygen atoms in total. The summed E-state index contributed by atoms with van der Waals surface area (Å²) < 4.78 is 0. The van der Waals surface area contributed by atoms with Gasteiger partial charge in [-0.3, -0.25) is 0 Å². The zero-order chi connectivity index (χ0) is 14.5. The van der Waals surface area contributed by atoms with E-state index in [-0.39, 0.29) is 0 Å². The van der Waals surface area contributed by atoms with E-state index in [1.165, 1.54) is 0 Å². The number of hydrogen-bond donors (Lipinski definition) is 2. The number of hydrogen-bond acceptors (Lipinski definition) is 3. The largest absolute Gasteiger partial charge is 0.508 e. The lowest BCUT2D eigenvalue weighted by atomic mass is 10.2. The van der Waals surface area contributed by atoms with Gasteiger partial charge in [-0.15, -0.1) is 0 Å². The van der Waals surface area contributed by atoms with Gasteiger partial charge in [-0.05, 0) is 43.4 Å². The van der Waals surface area contributed by atoms with Gasteiger partial charge in [0.25, 0.3) is 0 Å². The molecule has 108 valence electrons. The minimum Gasteiger partial charge on any atom is -0.508 e. The van der Waals surface area contributed by atoms with Crippen LogP contribution in [0.15, 0.2) is 36.4 Å². The van der Waals surface area contributed by atoms with Gasteiger partial charge in [0.2, 0.25) is 0 Å². The van der Waals surface area contributed by atoms with E-state index in [9.17, 15) is 5.11 Å². The van der Waals surface area contributed by atoms with Crippen molar-refractivity contribution in [1.82, 2.24) is 10.2 Å². The molecule has 0 atom stereocenters. The Bertz CT molecular complexity index is 478. The minimum absolute atomic E-state index is 0.303. The molecule has 0 aromatic heterocycles. The third kappa shape index (κ3) is 3.87. The molecule has 0 saturated carbocycles. The molecule has 1 saturated heterocycles. The lowest BCUT2D eigenvalue weighted by molar-refractivity contribution is 0.381. The number of benzene rings is 1. The Kier molecular flexibility index (Phi) is 4.84. The van der Waals surface area contributed by atoms with Crippen LogP contribution in [0.5, 0.6) is 5.75 Å². The standard InChI is InChI=1S/C15H21N3OS/c1-12(2)11-16-15(20)18-9-7-17(8-10-18)13-3-5-14(19)6-4-13/h3-6,19H,1,7-11H2,2H3,(H,16,20). The van der Waals surface area contributed by atoms with Gasteiger partial charge in [-0.2, -0.15) is 0 Å². The Morgan fingerprint density at radius 3 is 2.40 bits per heavy atom. The molecule has 1 aliphatic rings. The average molecular weight is 291 g/mol. The quantitative estimate of drug-likeness (QED) is 0.658. The van der Waals surface area contributed by atoms with Crippen molar-refractivity contribution < 1.29 is 5.11 Å². The molecule has 1 aromatic rings. The summed E-state index contributed by atoms with van der Waals surface area (Å²) in [4.78, 5) is 4.49. The van der Waals surface area contributed by atoms with Crippen LogP contribution in [0.25, 0.3) is 0 Å². The van der Waals surface area contributed by atoms with Crippen molar-refractivity contribution >= 4 is 23.0 Å². The summed E-state index contributed by atoms with van der Waals surface area (Å²) in [6.07, 6.45) is 0. The molecule has 2 rings (SSSR count). The molecule has 0 radical (unpaired) electrons. The Balaban J connectivity index is 1.84. The lowest BCUT2D eigenvalue weighted by Crippen LogP contribution is -2.51. The lowest BCUT2D eigenvalue weighted by Gasteiger charge is -2.37. The van der Waals surface area contributed by atoms with Crippen molar-refractivity contribution in [2.45, 2.75) is 6.92 Å². The van der Waals surface area contributed by atoms with E-state index in [1.807, 2.05) is 19.1 Å². The fourth-order valence-electron chi connectivity index (χ4n) is 2.17. The Hall–Kier alpha value is -1.75. The number of piperazine rings is 1. The van der Waals surface area contributed by atoms with Crippen LogP contribution in [0.2, 0.25) is 0 Å². The second-order valence-corrected chi connectivity index (χ2v) is 5.49. The van der Waals surface area contributed by atoms with Crippen molar-refractivity contribution in [3.8, 4) is 5.75 Å². The summed E-state index contributed by atoms with van der Waals surface area (Å²) in [6.45, 7) is 10.3. The monoisotopic (exact) mass is 291 g/mol. The maximum absolute atomic E-state index is 9.31. The second kappa shape index (κ2) is 6.61. The normalized spacial score (nSPS) is 15.1. The van der Waals surface area contributed by atoms with Crippen molar-refractivity contribution in [3.05, 3.63) is 36.4 Å². The first-order valence-electron chi connectivity index (χ1n) is 6.77. The van der Waals surface area contributed by atoms with Crippen molar-refractivity contribution in [1.29, 1.82) is 0 Å². The van der Waals surface area contributed by atoms with Crippen LogP contribution < -0.4 is 10.2 Å². The molecule has 5 heteroatoms. The fourth-order valence-corrected chi connectivity index (χ4v) is 2.42. The first-order chi connectivity index (χ1) is 9.56. The minimum atomic E-state index is 0.303. The first kappa shape index (κ1) is 14.7. The van der Waals surface area contributed by atoms with Gasteiger partial charge in [-0.1, -0.05) is 12.2 Å². The number of nitrogens with zero attached hydrogens (tertiary/aromatic N) is 2. The SMILES string of the molecule is C=C(C)CNC(=S)N1CCN(c2ccc(O)cc2)CC1. The van der Waals surface area contributed by atoms with E-state index in [0.717, 1.165) is 49.1 Å². The Labute approximate surface area is 125 Å². The molecule has 0 spiro atoms. The van der Waals surface area contributed by atoms with Crippen LogP contribution in [0, 0.1) is 0 Å². The maximum atomic E-state index is 9.31. The summed E-state index contributed by atoms with van der Waals surface area (Å²) >= 11 is 5.39. The van der Waals surface area contributed by atoms with Gasteiger partial charge >= 0.3 is 0 Å². The zero-order valence-electron chi connectivity index (χ0n) is 11.8. The molecular formula is C15H21N3OS. The second-order valence-electron chi connectivity index (χ2n) is 5.11. The smallest absolute Gasteiger partial charge is 0.169 e. The molecule has 0 amide bonds. The topological polar surface area (TPSA) is 38.7 Å². The molecule has 20 heavy (non-hydrogen) atoms. The highest BCUT2D eigenvalue weighted by atomic mass is 32.1. The van der Waals surface area contributed by atoms with Gasteiger partial charge in [0.05, 0.1) is 0 Å². The Morgan fingerprint density at radius 2 is 1.85 bits per heavy atom. The third-order valence-electron chi connectivity index (χ3n) is 3.32. The molecule has 2 N–H and O–H groups in total. The number of aromatic hydroxyl groups is 1. The van der Waals surface area contributed by atoms with Crippen molar-refractivity contribution in [2.24, 2.45) is 0 Å². The highest BCUT2D eigenvalue weighted by Crippen LogP contribution is 2.19. The van der Waals surface area contributed by atoms with Gasteiger partial charge < -0.3 is 20.2 Å². The molecule has 0 unspecified atom stereocenters. The fraction of sp³-hybridized carbons (Fsp3) is 0.400. The van der Waals surface area contributed by atoms with Crippen molar-refractivity contribution in [2.75, 3.05) is 37.6 Å². The maximum Gasteiger partial charge on any atom is 0.169 e. The summed E-state index contributed by atoms with van der Waals surface area (Å²) in [7, 11) is 0. The Morgan fingerprint density at radius 1 is 1.25 bits per heavy atom. The van der Waals surface area contributed by atoms with Crippen LogP contribution in [-0.2, 0) is 0 Å². The summed E-state index contributed by atoms with van der Waals surface area (Å²) in [6, 6.07) is 7.34. The molecular weight excluding hydrogens is 270 g/mol. The first-order valence-corrected chi connectivity index (χ1v) is 7.18. The molecule has 1 fully saturated rings. The predicted molar refractivity (Wildman–Crippen MR) is 87.3 cm³/mol. The van der Waals surface area contributed by atoms with Gasteiger partial charge in [-0.25, -0.2) is 0 Å². The van der Waals surface area contributed by atoms with Crippen LogP contribution in [0.4, 0.5) is 5.69 Å². The van der Waals surface area contributed by atoms with Gasteiger partial charge in [0.1, 0.15) is 5.75 Å². The summed E-state index contributed by atoms with van der Waals surface area (Å²) in [5, 5.41) is 13.3. The summed E-state index contributed by atoms with van der Waals surface area (Å²) in [5.41, 5.74) is 2.22. The number of thiocarbonyl (C=S) groups is 1. The van der Waals surface area contributed by atoms with Gasteiger partial charge in [0, 0.05) is 38.4 Å². The van der Waals surface area contributed by atoms with E-state index in [0.29, 0.717) is 5.75 Å².